The van der Waals surface area contributed by atoms with Crippen LogP contribution in [0.1, 0.15) is 10.7 Å². The highest BCUT2D eigenvalue weighted by Crippen LogP contribution is 2.30. The molecule has 0 saturated heterocycles. The number of thiazole rings is 1. The summed E-state index contributed by atoms with van der Waals surface area (Å²) >= 11 is 1.68. The quantitative estimate of drug-likeness (QED) is 0.775. The first-order valence-corrected chi connectivity index (χ1v) is 5.22. The molecule has 3 heteroatoms. The van der Waals surface area contributed by atoms with E-state index in [2.05, 4.69) is 4.98 Å². The van der Waals surface area contributed by atoms with Crippen LogP contribution in [-0.4, -0.2) is 10.1 Å². The van der Waals surface area contributed by atoms with Crippen LogP contribution in [0.25, 0.3) is 10.4 Å². The van der Waals surface area contributed by atoms with Gasteiger partial charge in [-0.2, -0.15) is 0 Å². The van der Waals surface area contributed by atoms with Gasteiger partial charge in [-0.3, -0.25) is 0 Å². The zero-order valence-corrected chi connectivity index (χ0v) is 8.93. The van der Waals surface area contributed by atoms with Crippen LogP contribution < -0.4 is 0 Å². The van der Waals surface area contributed by atoms with Crippen molar-refractivity contribution >= 4 is 11.3 Å². The number of nitrogens with zero attached hydrogens (tertiary/aromatic N) is 1. The Labute approximate surface area is 86.9 Å². The summed E-state index contributed by atoms with van der Waals surface area (Å²) in [5.41, 5.74) is 2.17. The van der Waals surface area contributed by atoms with Crippen LogP contribution in [0.5, 0.6) is 5.75 Å². The van der Waals surface area contributed by atoms with Crippen molar-refractivity contribution in [1.82, 2.24) is 4.98 Å². The minimum atomic E-state index is 0.299. The number of benzene rings is 1. The Morgan fingerprint density at radius 2 is 1.79 bits per heavy atom. The highest BCUT2D eigenvalue weighted by Gasteiger charge is 2.06. The number of aryl methyl sites for hydroxylation is 2. The minimum absolute atomic E-state index is 0.299. The first kappa shape index (κ1) is 9.21. The summed E-state index contributed by atoms with van der Waals surface area (Å²) in [7, 11) is 0. The van der Waals surface area contributed by atoms with Crippen molar-refractivity contribution in [2.75, 3.05) is 0 Å². The molecule has 0 atom stereocenters. The van der Waals surface area contributed by atoms with Crippen molar-refractivity contribution in [2.24, 2.45) is 0 Å². The normalized spacial score (nSPS) is 10.4. The smallest absolute Gasteiger partial charge is 0.115 e. The van der Waals surface area contributed by atoms with E-state index in [-0.39, 0.29) is 0 Å². The summed E-state index contributed by atoms with van der Waals surface area (Å²) in [5.74, 6) is 0.299. The molecule has 0 saturated carbocycles. The third-order valence-electron chi connectivity index (χ3n) is 2.03. The average molecular weight is 205 g/mol. The summed E-state index contributed by atoms with van der Waals surface area (Å²) in [5, 5.41) is 10.2. The number of phenolic OH excluding ortho intramolecular Hbond substituents is 1. The lowest BCUT2D eigenvalue weighted by atomic mass is 10.1. The predicted molar refractivity (Wildman–Crippen MR) is 58.7 cm³/mol. The van der Waals surface area contributed by atoms with Gasteiger partial charge in [0.15, 0.2) is 0 Å². The standard InChI is InChI=1S/C11H11NOS/c1-7-11(14-8(2)12-7)9-3-5-10(13)6-4-9/h3-6,13H,1-2H3. The second-order valence-electron chi connectivity index (χ2n) is 3.19. The van der Waals surface area contributed by atoms with E-state index >= 15 is 0 Å². The molecule has 72 valence electrons. The molecule has 0 unspecified atom stereocenters. The summed E-state index contributed by atoms with van der Waals surface area (Å²) < 4.78 is 0. The lowest BCUT2D eigenvalue weighted by Gasteiger charge is -1.98. The van der Waals surface area contributed by atoms with E-state index in [1.807, 2.05) is 26.0 Å². The Morgan fingerprint density at radius 1 is 1.14 bits per heavy atom. The van der Waals surface area contributed by atoms with Crippen LogP contribution in [-0.2, 0) is 0 Å². The van der Waals surface area contributed by atoms with Crippen molar-refractivity contribution < 1.29 is 5.11 Å². The Morgan fingerprint density at radius 3 is 2.29 bits per heavy atom. The van der Waals surface area contributed by atoms with E-state index in [9.17, 15) is 0 Å². The van der Waals surface area contributed by atoms with Crippen molar-refractivity contribution in [3.05, 3.63) is 35.0 Å². The molecule has 1 aromatic heterocycles. The molecule has 2 nitrogen and oxygen atoms in total. The van der Waals surface area contributed by atoms with Crippen LogP contribution in [0.4, 0.5) is 0 Å². The van der Waals surface area contributed by atoms with Crippen LogP contribution in [0.3, 0.4) is 0 Å². The Hall–Kier alpha value is -1.35. The molecule has 14 heavy (non-hydrogen) atoms. The van der Waals surface area contributed by atoms with Gasteiger partial charge in [0.2, 0.25) is 0 Å². The van der Waals surface area contributed by atoms with Gasteiger partial charge in [0.05, 0.1) is 15.6 Å². The van der Waals surface area contributed by atoms with E-state index in [0.29, 0.717) is 5.75 Å². The molecule has 1 N–H and O–H groups in total. The van der Waals surface area contributed by atoms with Crippen molar-refractivity contribution in [3.8, 4) is 16.2 Å². The van der Waals surface area contributed by atoms with Crippen LogP contribution in [0.15, 0.2) is 24.3 Å². The molecule has 1 heterocycles. The van der Waals surface area contributed by atoms with Gasteiger partial charge < -0.3 is 5.11 Å². The molecule has 0 amide bonds. The molecule has 1 aromatic carbocycles. The number of aromatic hydroxyl groups is 1. The molecule has 0 aliphatic heterocycles. The summed E-state index contributed by atoms with van der Waals surface area (Å²) in [6.07, 6.45) is 0. The molecule has 0 fully saturated rings. The monoisotopic (exact) mass is 205 g/mol. The first-order valence-electron chi connectivity index (χ1n) is 4.40. The zero-order valence-electron chi connectivity index (χ0n) is 8.11. The van der Waals surface area contributed by atoms with Crippen LogP contribution in [0.2, 0.25) is 0 Å². The maximum atomic E-state index is 9.17. The molecule has 0 aliphatic rings. The van der Waals surface area contributed by atoms with Crippen molar-refractivity contribution in [2.45, 2.75) is 13.8 Å². The van der Waals surface area contributed by atoms with E-state index in [1.165, 1.54) is 4.88 Å². The Balaban J connectivity index is 2.49. The third kappa shape index (κ3) is 1.63. The topological polar surface area (TPSA) is 33.1 Å². The minimum Gasteiger partial charge on any atom is -0.508 e. The van der Waals surface area contributed by atoms with Gasteiger partial charge in [-0.15, -0.1) is 11.3 Å². The summed E-state index contributed by atoms with van der Waals surface area (Å²) in [6, 6.07) is 7.22. The van der Waals surface area contributed by atoms with Gasteiger partial charge in [0.1, 0.15) is 5.75 Å². The Bertz CT molecular complexity index is 445. The lowest BCUT2D eigenvalue weighted by Crippen LogP contribution is -1.77. The fraction of sp³-hybridized carbons (Fsp3) is 0.182. The molecular weight excluding hydrogens is 194 g/mol. The Kier molecular flexibility index (Phi) is 2.25. The maximum Gasteiger partial charge on any atom is 0.115 e. The molecule has 0 aliphatic carbocycles. The van der Waals surface area contributed by atoms with Gasteiger partial charge in [-0.05, 0) is 43.7 Å². The predicted octanol–water partition coefficient (Wildman–Crippen LogP) is 3.13. The number of hydrogen-bond donors (Lipinski definition) is 1. The van der Waals surface area contributed by atoms with Crippen molar-refractivity contribution in [3.63, 3.8) is 0 Å². The molecule has 2 aromatic rings. The SMILES string of the molecule is Cc1nc(C)c(-c2ccc(O)cc2)s1. The fourth-order valence-electron chi connectivity index (χ4n) is 1.41. The van der Waals surface area contributed by atoms with Crippen LogP contribution >= 0.6 is 11.3 Å². The first-order chi connectivity index (χ1) is 6.66. The number of rotatable bonds is 1. The average Bonchev–Trinajstić information content (AvgIpc) is 2.47. The number of phenols is 1. The van der Waals surface area contributed by atoms with E-state index in [4.69, 9.17) is 5.11 Å². The highest BCUT2D eigenvalue weighted by molar-refractivity contribution is 7.15. The van der Waals surface area contributed by atoms with Gasteiger partial charge in [-0.1, -0.05) is 0 Å². The van der Waals surface area contributed by atoms with Gasteiger partial charge in [-0.25, -0.2) is 4.98 Å². The van der Waals surface area contributed by atoms with Gasteiger partial charge >= 0.3 is 0 Å². The second kappa shape index (κ2) is 3.42. The van der Waals surface area contributed by atoms with Gasteiger partial charge in [0, 0.05) is 0 Å². The number of aromatic nitrogens is 1. The summed E-state index contributed by atoms with van der Waals surface area (Å²) in [6.45, 7) is 4.01. The molecule has 0 bridgehead atoms. The molecule has 0 spiro atoms. The molecular formula is C11H11NOS. The maximum absolute atomic E-state index is 9.17. The summed E-state index contributed by atoms with van der Waals surface area (Å²) in [4.78, 5) is 5.55. The van der Waals surface area contributed by atoms with Crippen LogP contribution in [0, 0.1) is 13.8 Å². The third-order valence-corrected chi connectivity index (χ3v) is 3.15. The largest absolute Gasteiger partial charge is 0.508 e. The highest BCUT2D eigenvalue weighted by atomic mass is 32.1. The lowest BCUT2D eigenvalue weighted by molar-refractivity contribution is 0.475. The second-order valence-corrected chi connectivity index (χ2v) is 4.40. The van der Waals surface area contributed by atoms with E-state index in [1.54, 1.807) is 23.5 Å². The van der Waals surface area contributed by atoms with E-state index in [0.717, 1.165) is 16.3 Å². The molecule has 2 rings (SSSR count). The van der Waals surface area contributed by atoms with E-state index < -0.39 is 0 Å². The zero-order chi connectivity index (χ0) is 10.1. The molecule has 0 radical (unpaired) electrons. The number of hydrogen-bond acceptors (Lipinski definition) is 3. The fourth-order valence-corrected chi connectivity index (χ4v) is 2.34. The van der Waals surface area contributed by atoms with Gasteiger partial charge in [0.25, 0.3) is 0 Å². The van der Waals surface area contributed by atoms with Crippen molar-refractivity contribution in [1.29, 1.82) is 0 Å².